The maximum Gasteiger partial charge on any atom is 0.244 e. The summed E-state index contributed by atoms with van der Waals surface area (Å²) in [6.45, 7) is 1.36. The molecule has 0 aliphatic carbocycles. The molecule has 0 radical (unpaired) electrons. The van der Waals surface area contributed by atoms with Gasteiger partial charge in [0.15, 0.2) is 0 Å². The number of benzene rings is 1. The molecular formula is C9H13NO3S. The van der Waals surface area contributed by atoms with Gasteiger partial charge >= 0.3 is 0 Å². The lowest BCUT2D eigenvalue weighted by Gasteiger charge is -2.13. The lowest BCUT2D eigenvalue weighted by molar-refractivity contribution is 0.199. The zero-order valence-electron chi connectivity index (χ0n) is 8.14. The highest BCUT2D eigenvalue weighted by Crippen LogP contribution is 2.13. The van der Waals surface area contributed by atoms with Gasteiger partial charge in [-0.05, 0) is 19.1 Å². The molecule has 78 valence electrons. The Bertz CT molecular complexity index is 397. The molecule has 0 aromatic heterocycles. The van der Waals surface area contributed by atoms with Crippen molar-refractivity contribution >= 4 is 10.0 Å². The minimum atomic E-state index is -3.52. The van der Waals surface area contributed by atoms with Crippen LogP contribution >= 0.6 is 0 Å². The number of aliphatic hydroxyl groups is 1. The highest BCUT2D eigenvalue weighted by Gasteiger charge is 2.18. The molecule has 0 spiro atoms. The van der Waals surface area contributed by atoms with Crippen molar-refractivity contribution in [1.82, 2.24) is 4.31 Å². The van der Waals surface area contributed by atoms with Crippen molar-refractivity contribution in [1.29, 1.82) is 0 Å². The zero-order valence-corrected chi connectivity index (χ0v) is 8.95. The highest BCUT2D eigenvalue weighted by molar-refractivity contribution is 7.89. The molecule has 0 fully saturated rings. The lowest BCUT2D eigenvalue weighted by atomic mass is 10.2. The second-order valence-electron chi connectivity index (χ2n) is 3.06. The second-order valence-corrected chi connectivity index (χ2v) is 5.10. The van der Waals surface area contributed by atoms with Crippen LogP contribution in [0.1, 0.15) is 5.56 Å². The van der Waals surface area contributed by atoms with Crippen LogP contribution in [0.2, 0.25) is 0 Å². The fourth-order valence-electron chi connectivity index (χ4n) is 0.966. The average Bonchev–Trinajstić information content (AvgIpc) is 2.17. The summed E-state index contributed by atoms with van der Waals surface area (Å²) < 4.78 is 24.2. The van der Waals surface area contributed by atoms with Crippen molar-refractivity contribution in [3.8, 4) is 0 Å². The monoisotopic (exact) mass is 215 g/mol. The zero-order chi connectivity index (χ0) is 10.8. The van der Waals surface area contributed by atoms with Crippen LogP contribution in [-0.4, -0.2) is 31.6 Å². The molecule has 0 bridgehead atoms. The molecule has 0 saturated heterocycles. The first-order chi connectivity index (χ1) is 6.48. The van der Waals surface area contributed by atoms with Gasteiger partial charge in [0.05, 0.1) is 4.90 Å². The molecule has 1 N–H and O–H groups in total. The summed E-state index contributed by atoms with van der Waals surface area (Å²) in [5, 5.41) is 8.73. The minimum absolute atomic E-state index is 0.194. The van der Waals surface area contributed by atoms with Crippen molar-refractivity contribution in [3.05, 3.63) is 29.8 Å². The quantitative estimate of drug-likeness (QED) is 0.750. The summed E-state index contributed by atoms with van der Waals surface area (Å²) >= 11 is 0. The molecule has 0 amide bonds. The number of aliphatic hydroxyl groups excluding tert-OH is 1. The number of nitrogens with zero attached hydrogens (tertiary/aromatic N) is 1. The number of hydrogen-bond acceptors (Lipinski definition) is 3. The van der Waals surface area contributed by atoms with Crippen LogP contribution in [0, 0.1) is 6.92 Å². The second kappa shape index (κ2) is 4.08. The summed E-state index contributed by atoms with van der Waals surface area (Å²) in [7, 11) is -2.19. The molecule has 0 saturated carbocycles. The Morgan fingerprint density at radius 2 is 1.79 bits per heavy atom. The molecule has 14 heavy (non-hydrogen) atoms. The highest BCUT2D eigenvalue weighted by atomic mass is 32.2. The van der Waals surface area contributed by atoms with E-state index in [-0.39, 0.29) is 4.90 Å². The van der Waals surface area contributed by atoms with Gasteiger partial charge in [-0.3, -0.25) is 0 Å². The van der Waals surface area contributed by atoms with Crippen LogP contribution in [-0.2, 0) is 10.0 Å². The summed E-state index contributed by atoms with van der Waals surface area (Å²) in [6.07, 6.45) is 0. The fraction of sp³-hybridized carbons (Fsp3) is 0.333. The van der Waals surface area contributed by atoms with E-state index in [1.807, 2.05) is 6.92 Å². The molecule has 1 rings (SSSR count). The topological polar surface area (TPSA) is 57.6 Å². The number of rotatable bonds is 3. The third-order valence-electron chi connectivity index (χ3n) is 1.93. The third-order valence-corrected chi connectivity index (χ3v) is 3.73. The van der Waals surface area contributed by atoms with E-state index >= 15 is 0 Å². The van der Waals surface area contributed by atoms with Gasteiger partial charge in [0, 0.05) is 7.05 Å². The molecule has 1 aromatic carbocycles. The van der Waals surface area contributed by atoms with Gasteiger partial charge in [0.1, 0.15) is 6.73 Å². The Labute approximate surface area is 83.8 Å². The molecular weight excluding hydrogens is 202 g/mol. The molecule has 0 atom stereocenters. The summed E-state index contributed by atoms with van der Waals surface area (Å²) in [4.78, 5) is 0.194. The molecule has 0 aliphatic rings. The van der Waals surface area contributed by atoms with Crippen molar-refractivity contribution in [2.45, 2.75) is 11.8 Å². The van der Waals surface area contributed by atoms with Gasteiger partial charge in [-0.1, -0.05) is 17.7 Å². The lowest BCUT2D eigenvalue weighted by Crippen LogP contribution is -2.27. The largest absolute Gasteiger partial charge is 0.380 e. The summed E-state index contributed by atoms with van der Waals surface area (Å²) in [5.74, 6) is 0. The molecule has 0 aliphatic heterocycles. The molecule has 1 aromatic rings. The Kier molecular flexibility index (Phi) is 3.25. The van der Waals surface area contributed by atoms with E-state index < -0.39 is 16.8 Å². The van der Waals surface area contributed by atoms with E-state index in [1.54, 1.807) is 12.1 Å². The normalized spacial score (nSPS) is 12.0. The van der Waals surface area contributed by atoms with E-state index in [0.29, 0.717) is 0 Å². The van der Waals surface area contributed by atoms with Gasteiger partial charge in [-0.15, -0.1) is 0 Å². The van der Waals surface area contributed by atoms with Gasteiger partial charge in [0.25, 0.3) is 0 Å². The van der Waals surface area contributed by atoms with Crippen molar-refractivity contribution < 1.29 is 13.5 Å². The van der Waals surface area contributed by atoms with Gasteiger partial charge in [-0.2, -0.15) is 4.31 Å². The smallest absolute Gasteiger partial charge is 0.244 e. The predicted molar refractivity (Wildman–Crippen MR) is 53.2 cm³/mol. The molecule has 0 heterocycles. The SMILES string of the molecule is Cc1ccc(S(=O)(=O)N(C)CO)cc1. The van der Waals surface area contributed by atoms with Crippen LogP contribution in [0.5, 0.6) is 0 Å². The Hall–Kier alpha value is -0.910. The third kappa shape index (κ3) is 2.12. The van der Waals surface area contributed by atoms with Crippen molar-refractivity contribution in [2.75, 3.05) is 13.8 Å². The van der Waals surface area contributed by atoms with Gasteiger partial charge in [0.2, 0.25) is 10.0 Å². The maximum absolute atomic E-state index is 11.6. The van der Waals surface area contributed by atoms with E-state index in [9.17, 15) is 8.42 Å². The minimum Gasteiger partial charge on any atom is -0.380 e. The fourth-order valence-corrected chi connectivity index (χ4v) is 1.96. The first kappa shape index (κ1) is 11.2. The Balaban J connectivity index is 3.11. The average molecular weight is 215 g/mol. The van der Waals surface area contributed by atoms with Gasteiger partial charge in [-0.25, -0.2) is 8.42 Å². The van der Waals surface area contributed by atoms with E-state index in [4.69, 9.17) is 5.11 Å². The van der Waals surface area contributed by atoms with E-state index in [2.05, 4.69) is 0 Å². The van der Waals surface area contributed by atoms with Gasteiger partial charge < -0.3 is 5.11 Å². The van der Waals surface area contributed by atoms with E-state index in [1.165, 1.54) is 19.2 Å². The number of hydrogen-bond donors (Lipinski definition) is 1. The van der Waals surface area contributed by atoms with Crippen LogP contribution in [0.3, 0.4) is 0 Å². The molecule has 0 unspecified atom stereocenters. The Morgan fingerprint density at radius 3 is 2.21 bits per heavy atom. The summed E-state index contributed by atoms with van der Waals surface area (Å²) in [5.41, 5.74) is 0.996. The van der Waals surface area contributed by atoms with Crippen LogP contribution < -0.4 is 0 Å². The summed E-state index contributed by atoms with van der Waals surface area (Å²) in [6, 6.07) is 6.49. The van der Waals surface area contributed by atoms with E-state index in [0.717, 1.165) is 9.87 Å². The first-order valence-electron chi connectivity index (χ1n) is 4.12. The number of sulfonamides is 1. The van der Waals surface area contributed by atoms with Crippen molar-refractivity contribution in [2.24, 2.45) is 0 Å². The molecule has 4 nitrogen and oxygen atoms in total. The predicted octanol–water partition coefficient (Wildman–Crippen LogP) is 0.565. The first-order valence-corrected chi connectivity index (χ1v) is 5.56. The number of aryl methyl sites for hydroxylation is 1. The van der Waals surface area contributed by atoms with Crippen LogP contribution in [0.25, 0.3) is 0 Å². The Morgan fingerprint density at radius 1 is 1.29 bits per heavy atom. The van der Waals surface area contributed by atoms with Crippen LogP contribution in [0.4, 0.5) is 0 Å². The maximum atomic E-state index is 11.6. The standard InChI is InChI=1S/C9H13NO3S/c1-8-3-5-9(6-4-8)14(12,13)10(2)7-11/h3-6,11H,7H2,1-2H3. The van der Waals surface area contributed by atoms with Crippen molar-refractivity contribution in [3.63, 3.8) is 0 Å². The molecule has 5 heteroatoms. The van der Waals surface area contributed by atoms with Crippen LogP contribution in [0.15, 0.2) is 29.2 Å².